The molecule has 1 aliphatic heterocycles. The average Bonchev–Trinajstić information content (AvgIpc) is 2.59. The summed E-state index contributed by atoms with van der Waals surface area (Å²) in [5, 5.41) is 27.2. The van der Waals surface area contributed by atoms with Crippen LogP contribution in [0.2, 0.25) is 0 Å². The highest BCUT2D eigenvalue weighted by Crippen LogP contribution is 2.44. The quantitative estimate of drug-likeness (QED) is 0.898. The minimum Gasteiger partial charge on any atom is -0.478 e. The molecule has 0 aromatic heterocycles. The van der Waals surface area contributed by atoms with Crippen LogP contribution in [0.1, 0.15) is 27.4 Å². The molecule has 0 spiro atoms. The normalized spacial score (nSPS) is 18.7. The van der Waals surface area contributed by atoms with Crippen LogP contribution in [0.15, 0.2) is 42.5 Å². The summed E-state index contributed by atoms with van der Waals surface area (Å²) in [7, 11) is 3.79. The molecule has 2 aromatic carbocycles. The van der Waals surface area contributed by atoms with Gasteiger partial charge in [0, 0.05) is 37.3 Å². The molecule has 3 rings (SSSR count). The molecule has 25 heavy (non-hydrogen) atoms. The molecule has 126 valence electrons. The number of ether oxygens (including phenoxy) is 1. The molecular weight excluding hydrogens is 318 g/mol. The van der Waals surface area contributed by atoms with Gasteiger partial charge in [-0.2, -0.15) is 5.26 Å². The number of nitriles is 1. The van der Waals surface area contributed by atoms with Crippen LogP contribution in [0.4, 0.5) is 5.69 Å². The highest BCUT2D eigenvalue weighted by Gasteiger charge is 2.38. The van der Waals surface area contributed by atoms with Crippen molar-refractivity contribution in [3.63, 3.8) is 0 Å². The maximum atomic E-state index is 11.6. The van der Waals surface area contributed by atoms with E-state index in [9.17, 15) is 15.2 Å². The molecule has 0 radical (unpaired) electrons. The second kappa shape index (κ2) is 6.29. The Balaban J connectivity index is 2.23. The van der Waals surface area contributed by atoms with E-state index < -0.39 is 17.8 Å². The lowest BCUT2D eigenvalue weighted by molar-refractivity contribution is 0.0695. The second-order valence-electron chi connectivity index (χ2n) is 6.06. The van der Waals surface area contributed by atoms with Gasteiger partial charge < -0.3 is 14.7 Å². The van der Waals surface area contributed by atoms with Gasteiger partial charge in [-0.15, -0.1) is 0 Å². The number of benzene rings is 2. The summed E-state index contributed by atoms with van der Waals surface area (Å²) < 4.78 is 5.56. The summed E-state index contributed by atoms with van der Waals surface area (Å²) in [5.41, 5.74) is 2.24. The van der Waals surface area contributed by atoms with Crippen molar-refractivity contribution in [3.05, 3.63) is 59.2 Å². The minimum absolute atomic E-state index is 0.130. The summed E-state index contributed by atoms with van der Waals surface area (Å²) in [4.78, 5) is 13.5. The number of carboxylic acids is 1. The van der Waals surface area contributed by atoms with E-state index in [1.54, 1.807) is 24.3 Å². The number of fused-ring (bicyclic) bond motifs is 1. The highest BCUT2D eigenvalue weighted by atomic mass is 16.5. The molecule has 6 nitrogen and oxygen atoms in total. The van der Waals surface area contributed by atoms with Gasteiger partial charge in [-0.25, -0.2) is 4.79 Å². The molecule has 1 heterocycles. The van der Waals surface area contributed by atoms with Crippen molar-refractivity contribution in [2.75, 3.05) is 19.0 Å². The van der Waals surface area contributed by atoms with Gasteiger partial charge in [0.1, 0.15) is 11.7 Å². The smallest absolute Gasteiger partial charge is 0.335 e. The SMILES string of the molecule is CN(C)c1ccc2c(c1)OC(=N)C(C#N)C2c1ccccc1C(=O)O. The van der Waals surface area contributed by atoms with E-state index in [1.165, 1.54) is 6.07 Å². The molecule has 2 N–H and O–H groups in total. The Labute approximate surface area is 145 Å². The number of hydrogen-bond acceptors (Lipinski definition) is 5. The second-order valence-corrected chi connectivity index (χ2v) is 6.06. The molecule has 1 aliphatic rings. The molecule has 6 heteroatoms. The summed E-state index contributed by atoms with van der Waals surface area (Å²) in [6, 6.07) is 14.2. The first-order valence-electron chi connectivity index (χ1n) is 7.73. The van der Waals surface area contributed by atoms with Crippen molar-refractivity contribution in [1.82, 2.24) is 0 Å². The Morgan fingerprint density at radius 1 is 1.24 bits per heavy atom. The lowest BCUT2D eigenvalue weighted by atomic mass is 9.77. The Morgan fingerprint density at radius 3 is 2.60 bits per heavy atom. The first-order valence-corrected chi connectivity index (χ1v) is 7.73. The summed E-state index contributed by atoms with van der Waals surface area (Å²) in [5.74, 6) is -2.19. The zero-order valence-corrected chi connectivity index (χ0v) is 13.9. The van der Waals surface area contributed by atoms with Gasteiger partial charge in [0.15, 0.2) is 0 Å². The zero-order chi connectivity index (χ0) is 18.1. The third-order valence-electron chi connectivity index (χ3n) is 4.35. The predicted molar refractivity (Wildman–Crippen MR) is 93.5 cm³/mol. The molecule has 2 unspecified atom stereocenters. The Morgan fingerprint density at radius 2 is 1.96 bits per heavy atom. The van der Waals surface area contributed by atoms with Crippen LogP contribution in [0.25, 0.3) is 0 Å². The Hall–Kier alpha value is -3.33. The number of carboxylic acid groups (broad SMARTS) is 1. The lowest BCUT2D eigenvalue weighted by Crippen LogP contribution is -2.32. The molecule has 0 bridgehead atoms. The van der Waals surface area contributed by atoms with Crippen LogP contribution in [0.3, 0.4) is 0 Å². The van der Waals surface area contributed by atoms with E-state index in [0.717, 1.165) is 5.69 Å². The fraction of sp³-hybridized carbons (Fsp3) is 0.211. The summed E-state index contributed by atoms with van der Waals surface area (Å²) >= 11 is 0. The monoisotopic (exact) mass is 335 g/mol. The van der Waals surface area contributed by atoms with Gasteiger partial charge in [0.2, 0.25) is 5.90 Å². The van der Waals surface area contributed by atoms with Gasteiger partial charge in [0.25, 0.3) is 0 Å². The maximum Gasteiger partial charge on any atom is 0.335 e. The molecular formula is C19H17N3O3. The van der Waals surface area contributed by atoms with E-state index in [4.69, 9.17) is 10.1 Å². The number of hydrogen-bond donors (Lipinski definition) is 2. The third kappa shape index (κ3) is 2.81. The average molecular weight is 335 g/mol. The summed E-state index contributed by atoms with van der Waals surface area (Å²) in [6.07, 6.45) is 0. The maximum absolute atomic E-state index is 11.6. The van der Waals surface area contributed by atoms with Crippen LogP contribution in [0.5, 0.6) is 5.75 Å². The van der Waals surface area contributed by atoms with Crippen molar-refractivity contribution in [1.29, 1.82) is 10.7 Å². The van der Waals surface area contributed by atoms with Gasteiger partial charge in [-0.3, -0.25) is 5.41 Å². The van der Waals surface area contributed by atoms with Crippen molar-refractivity contribution in [2.45, 2.75) is 5.92 Å². The fourth-order valence-corrected chi connectivity index (χ4v) is 3.10. The van der Waals surface area contributed by atoms with E-state index in [0.29, 0.717) is 16.9 Å². The number of nitrogens with one attached hydrogen (secondary N) is 1. The predicted octanol–water partition coefficient (Wildman–Crippen LogP) is 3.09. The largest absolute Gasteiger partial charge is 0.478 e. The van der Waals surface area contributed by atoms with Gasteiger partial charge in [-0.05, 0) is 17.7 Å². The third-order valence-corrected chi connectivity index (χ3v) is 4.35. The van der Waals surface area contributed by atoms with E-state index in [1.807, 2.05) is 31.1 Å². The van der Waals surface area contributed by atoms with Gasteiger partial charge in [-0.1, -0.05) is 24.3 Å². The standard InChI is InChI=1S/C19H17N3O3/c1-22(2)11-7-8-14-16(9-11)25-18(21)15(10-20)17(14)12-5-3-4-6-13(12)19(23)24/h3-9,15,17,21H,1-2H3,(H,23,24). The van der Waals surface area contributed by atoms with Crippen LogP contribution < -0.4 is 9.64 Å². The highest BCUT2D eigenvalue weighted by molar-refractivity contribution is 5.92. The Bertz CT molecular complexity index is 899. The number of carbonyl (C=O) groups is 1. The molecule has 0 fully saturated rings. The van der Waals surface area contributed by atoms with Crippen LogP contribution in [0, 0.1) is 22.7 Å². The van der Waals surface area contributed by atoms with E-state index in [-0.39, 0.29) is 11.5 Å². The van der Waals surface area contributed by atoms with Crippen molar-refractivity contribution < 1.29 is 14.6 Å². The first-order chi connectivity index (χ1) is 11.9. The topological polar surface area (TPSA) is 97.4 Å². The number of aromatic carboxylic acids is 1. The molecule has 0 amide bonds. The zero-order valence-electron chi connectivity index (χ0n) is 13.9. The van der Waals surface area contributed by atoms with Gasteiger partial charge >= 0.3 is 5.97 Å². The van der Waals surface area contributed by atoms with Crippen molar-refractivity contribution >= 4 is 17.6 Å². The van der Waals surface area contributed by atoms with Crippen molar-refractivity contribution in [3.8, 4) is 11.8 Å². The molecule has 2 atom stereocenters. The Kier molecular flexibility index (Phi) is 4.15. The number of nitrogens with zero attached hydrogens (tertiary/aromatic N) is 2. The number of anilines is 1. The number of rotatable bonds is 3. The molecule has 0 saturated carbocycles. The van der Waals surface area contributed by atoms with Crippen LogP contribution in [-0.4, -0.2) is 31.1 Å². The minimum atomic E-state index is -1.06. The summed E-state index contributed by atoms with van der Waals surface area (Å²) in [6.45, 7) is 0. The molecule has 2 aromatic rings. The van der Waals surface area contributed by atoms with Crippen LogP contribution in [-0.2, 0) is 0 Å². The van der Waals surface area contributed by atoms with Crippen LogP contribution >= 0.6 is 0 Å². The van der Waals surface area contributed by atoms with E-state index >= 15 is 0 Å². The first kappa shape index (κ1) is 16.5. The van der Waals surface area contributed by atoms with Gasteiger partial charge in [0.05, 0.1) is 11.6 Å². The lowest BCUT2D eigenvalue weighted by Gasteiger charge is -2.31. The van der Waals surface area contributed by atoms with E-state index in [2.05, 4.69) is 6.07 Å². The van der Waals surface area contributed by atoms with Crippen molar-refractivity contribution in [2.24, 2.45) is 5.92 Å². The molecule has 0 saturated heterocycles. The molecule has 0 aliphatic carbocycles. The fourth-order valence-electron chi connectivity index (χ4n) is 3.10.